The highest BCUT2D eigenvalue weighted by atomic mass is 16.5. The molecule has 0 spiro atoms. The van der Waals surface area contributed by atoms with E-state index in [0.29, 0.717) is 5.56 Å². The molecule has 5 rings (SSSR count). The zero-order valence-electron chi connectivity index (χ0n) is 18.5. The molecule has 2 atom stereocenters. The third kappa shape index (κ3) is 2.67. The number of fused-ring (bicyclic) bond motifs is 4. The Bertz CT molecular complexity index is 1020. The van der Waals surface area contributed by atoms with Gasteiger partial charge in [0.2, 0.25) is 0 Å². The largest absolute Gasteiger partial charge is 0.489 e. The number of benzene rings is 2. The molecule has 1 N–H and O–H groups in total. The van der Waals surface area contributed by atoms with Gasteiger partial charge in [0, 0.05) is 5.56 Å². The van der Waals surface area contributed by atoms with Crippen molar-refractivity contribution in [2.75, 3.05) is 0 Å². The highest BCUT2D eigenvalue weighted by Crippen LogP contribution is 2.57. The number of rotatable bonds is 2. The van der Waals surface area contributed by atoms with Crippen molar-refractivity contribution in [2.45, 2.75) is 88.6 Å². The Morgan fingerprint density at radius 2 is 1.53 bits per heavy atom. The van der Waals surface area contributed by atoms with Gasteiger partial charge in [0.1, 0.15) is 11.9 Å². The van der Waals surface area contributed by atoms with Crippen molar-refractivity contribution in [3.05, 3.63) is 64.2 Å². The fourth-order valence-electron chi connectivity index (χ4n) is 6.20. The molecular weight excluding hydrogens is 372 g/mol. The number of ether oxygens (including phenoxy) is 1. The molecule has 2 aromatic rings. The Labute approximate surface area is 179 Å². The summed E-state index contributed by atoms with van der Waals surface area (Å²) in [6, 6.07) is 12.4. The number of hydrogen-bond donors (Lipinski definition) is 1. The average molecular weight is 405 g/mol. The van der Waals surface area contributed by atoms with E-state index in [9.17, 15) is 9.90 Å². The normalized spacial score (nSPS) is 28.1. The molecule has 1 saturated carbocycles. The first-order chi connectivity index (χ1) is 14.1. The maximum Gasteiger partial charge on any atom is 0.335 e. The summed E-state index contributed by atoms with van der Waals surface area (Å²) in [5, 5.41) is 9.34. The van der Waals surface area contributed by atoms with Gasteiger partial charge in [0.15, 0.2) is 0 Å². The van der Waals surface area contributed by atoms with E-state index in [-0.39, 0.29) is 22.3 Å². The zero-order valence-corrected chi connectivity index (χ0v) is 18.5. The molecule has 30 heavy (non-hydrogen) atoms. The van der Waals surface area contributed by atoms with Crippen molar-refractivity contribution in [1.29, 1.82) is 0 Å². The minimum absolute atomic E-state index is 0.131. The maximum absolute atomic E-state index is 11.4. The van der Waals surface area contributed by atoms with Crippen molar-refractivity contribution in [3.63, 3.8) is 0 Å². The van der Waals surface area contributed by atoms with Gasteiger partial charge in [0.05, 0.1) is 11.0 Å². The van der Waals surface area contributed by atoms with E-state index in [1.807, 2.05) is 12.1 Å². The fourth-order valence-corrected chi connectivity index (χ4v) is 6.20. The molecule has 1 aliphatic heterocycles. The van der Waals surface area contributed by atoms with E-state index in [2.05, 4.69) is 39.8 Å². The third-order valence-corrected chi connectivity index (χ3v) is 8.19. The molecule has 2 aliphatic carbocycles. The van der Waals surface area contributed by atoms with Crippen LogP contribution in [-0.4, -0.2) is 17.2 Å². The summed E-state index contributed by atoms with van der Waals surface area (Å²) in [5.41, 5.74) is 5.91. The van der Waals surface area contributed by atoms with Gasteiger partial charge in [-0.25, -0.2) is 4.79 Å². The average Bonchev–Trinajstić information content (AvgIpc) is 3.05. The molecule has 3 nitrogen and oxygen atoms in total. The molecule has 0 radical (unpaired) electrons. The van der Waals surface area contributed by atoms with Crippen LogP contribution in [0.4, 0.5) is 0 Å². The Balaban J connectivity index is 1.72. The molecule has 0 bridgehead atoms. The number of carboxylic acid groups (broad SMARTS) is 1. The van der Waals surface area contributed by atoms with E-state index in [1.54, 1.807) is 12.1 Å². The third-order valence-electron chi connectivity index (χ3n) is 8.19. The fraction of sp³-hybridized carbons (Fsp3) is 0.519. The Morgan fingerprint density at radius 3 is 2.17 bits per heavy atom. The van der Waals surface area contributed by atoms with Gasteiger partial charge in [0.25, 0.3) is 0 Å². The van der Waals surface area contributed by atoms with E-state index < -0.39 is 5.97 Å². The highest BCUT2D eigenvalue weighted by molar-refractivity contribution is 5.87. The molecule has 0 amide bonds. The van der Waals surface area contributed by atoms with Gasteiger partial charge in [-0.2, -0.15) is 0 Å². The van der Waals surface area contributed by atoms with Crippen LogP contribution in [0.15, 0.2) is 36.4 Å². The molecule has 2 aromatic carbocycles. The minimum atomic E-state index is -0.875. The second-order valence-corrected chi connectivity index (χ2v) is 10.9. The van der Waals surface area contributed by atoms with Crippen LogP contribution in [-0.2, 0) is 16.2 Å². The van der Waals surface area contributed by atoms with Crippen molar-refractivity contribution in [1.82, 2.24) is 0 Å². The summed E-state index contributed by atoms with van der Waals surface area (Å²) >= 11 is 0. The van der Waals surface area contributed by atoms with E-state index >= 15 is 0 Å². The summed E-state index contributed by atoms with van der Waals surface area (Å²) in [4.78, 5) is 11.4. The van der Waals surface area contributed by atoms with Gasteiger partial charge in [-0.1, -0.05) is 52.3 Å². The van der Waals surface area contributed by atoms with Crippen molar-refractivity contribution < 1.29 is 14.6 Å². The van der Waals surface area contributed by atoms with E-state index in [1.165, 1.54) is 47.9 Å². The maximum atomic E-state index is 11.4. The van der Waals surface area contributed by atoms with Gasteiger partial charge in [-0.3, -0.25) is 0 Å². The molecule has 0 saturated heterocycles. The predicted octanol–water partition coefficient (Wildman–Crippen LogP) is 6.35. The highest BCUT2D eigenvalue weighted by Gasteiger charge is 2.52. The van der Waals surface area contributed by atoms with Crippen LogP contribution >= 0.6 is 0 Å². The van der Waals surface area contributed by atoms with Crippen molar-refractivity contribution in [2.24, 2.45) is 0 Å². The lowest BCUT2D eigenvalue weighted by molar-refractivity contribution is 0.0697. The quantitative estimate of drug-likeness (QED) is 0.634. The number of aromatic carboxylic acids is 1. The van der Waals surface area contributed by atoms with Crippen LogP contribution in [0.25, 0.3) is 0 Å². The molecule has 1 fully saturated rings. The van der Waals surface area contributed by atoms with Crippen LogP contribution in [0.3, 0.4) is 0 Å². The van der Waals surface area contributed by atoms with Crippen LogP contribution < -0.4 is 4.74 Å². The number of carboxylic acids is 1. The second-order valence-electron chi connectivity index (χ2n) is 10.9. The first kappa shape index (κ1) is 19.7. The van der Waals surface area contributed by atoms with Crippen molar-refractivity contribution in [3.8, 4) is 5.75 Å². The first-order valence-electron chi connectivity index (χ1n) is 11.4. The van der Waals surface area contributed by atoms with Crippen molar-refractivity contribution >= 4 is 5.97 Å². The molecular formula is C27H32O3. The monoisotopic (exact) mass is 404 g/mol. The van der Waals surface area contributed by atoms with Gasteiger partial charge in [-0.05, 0) is 77.8 Å². The van der Waals surface area contributed by atoms with Crippen LogP contribution in [0.5, 0.6) is 5.75 Å². The smallest absolute Gasteiger partial charge is 0.335 e. The number of carbonyl (C=O) groups is 1. The summed E-state index contributed by atoms with van der Waals surface area (Å²) < 4.78 is 6.66. The summed E-state index contributed by atoms with van der Waals surface area (Å²) in [7, 11) is 0. The standard InChI is InChI=1S/C27H32O3/c1-25(2)13-14-26(3,4)20-16-22-21(15-19(20)25)27(12-6-5-7-23(27)30-22)18-10-8-17(9-11-18)24(28)29/h8-11,15-16,23H,5-7,12-14H2,1-4H3,(H,28,29). The van der Waals surface area contributed by atoms with Gasteiger partial charge in [-0.15, -0.1) is 0 Å². The summed E-state index contributed by atoms with van der Waals surface area (Å²) in [6.07, 6.45) is 6.97. The van der Waals surface area contributed by atoms with Gasteiger partial charge < -0.3 is 9.84 Å². The van der Waals surface area contributed by atoms with Crippen LogP contribution in [0, 0.1) is 0 Å². The summed E-state index contributed by atoms with van der Waals surface area (Å²) in [5.74, 6) is 0.175. The Kier molecular flexibility index (Phi) is 4.16. The van der Waals surface area contributed by atoms with Crippen LogP contribution in [0.1, 0.15) is 98.8 Å². The number of hydrogen-bond acceptors (Lipinski definition) is 2. The molecule has 2 unspecified atom stereocenters. The first-order valence-corrected chi connectivity index (χ1v) is 11.4. The summed E-state index contributed by atoms with van der Waals surface area (Å²) in [6.45, 7) is 9.46. The SMILES string of the molecule is CC1(C)CCC(C)(C)c2cc3c(cc21)OC1CCCCC31c1ccc(C(=O)O)cc1. The lowest BCUT2D eigenvalue weighted by atomic mass is 9.60. The Morgan fingerprint density at radius 1 is 0.900 bits per heavy atom. The Hall–Kier alpha value is -2.29. The second kappa shape index (κ2) is 6.35. The molecule has 0 aromatic heterocycles. The van der Waals surface area contributed by atoms with Crippen LogP contribution in [0.2, 0.25) is 0 Å². The minimum Gasteiger partial charge on any atom is -0.489 e. The van der Waals surface area contributed by atoms with Gasteiger partial charge >= 0.3 is 5.97 Å². The zero-order chi connectivity index (χ0) is 21.3. The van der Waals surface area contributed by atoms with E-state index in [4.69, 9.17) is 4.74 Å². The molecule has 3 heteroatoms. The van der Waals surface area contributed by atoms with E-state index in [0.717, 1.165) is 18.6 Å². The predicted molar refractivity (Wildman–Crippen MR) is 119 cm³/mol. The topological polar surface area (TPSA) is 46.5 Å². The molecule has 3 aliphatic rings. The lowest BCUT2D eigenvalue weighted by Gasteiger charge is -2.43. The molecule has 158 valence electrons. The molecule has 1 heterocycles. The lowest BCUT2D eigenvalue weighted by Crippen LogP contribution is -2.42.